The lowest BCUT2D eigenvalue weighted by Gasteiger charge is -2.02. The van der Waals surface area contributed by atoms with Gasteiger partial charge in [-0.3, -0.25) is 0 Å². The molecule has 0 bridgehead atoms. The van der Waals surface area contributed by atoms with Gasteiger partial charge >= 0.3 is 0 Å². The Hall–Kier alpha value is -2.53. The molecule has 0 unspecified atom stereocenters. The molecule has 5 heteroatoms. The zero-order valence-electron chi connectivity index (χ0n) is 11.0. The van der Waals surface area contributed by atoms with E-state index in [2.05, 4.69) is 15.4 Å². The van der Waals surface area contributed by atoms with E-state index in [0.29, 0.717) is 12.4 Å². The predicted octanol–water partition coefficient (Wildman–Crippen LogP) is 1.83. The van der Waals surface area contributed by atoms with Crippen molar-refractivity contribution in [3.63, 3.8) is 0 Å². The summed E-state index contributed by atoms with van der Waals surface area (Å²) in [5.74, 6) is 0.620. The van der Waals surface area contributed by atoms with Crippen LogP contribution in [0.25, 0.3) is 17.1 Å². The monoisotopic (exact) mass is 265 g/mol. The second-order valence-corrected chi connectivity index (χ2v) is 4.48. The SMILES string of the molecule is NCCc1cccc(-n2nnc(-c3ccccc3)n2)c1. The zero-order valence-corrected chi connectivity index (χ0v) is 11.0. The van der Waals surface area contributed by atoms with Crippen LogP contribution in [0.5, 0.6) is 0 Å². The molecule has 20 heavy (non-hydrogen) atoms. The fourth-order valence-electron chi connectivity index (χ4n) is 2.03. The zero-order chi connectivity index (χ0) is 13.8. The van der Waals surface area contributed by atoms with Crippen molar-refractivity contribution in [1.29, 1.82) is 0 Å². The summed E-state index contributed by atoms with van der Waals surface area (Å²) in [6.45, 7) is 0.628. The van der Waals surface area contributed by atoms with Gasteiger partial charge in [-0.2, -0.15) is 0 Å². The molecule has 3 aromatic rings. The number of nitrogens with zero attached hydrogens (tertiary/aromatic N) is 4. The fourth-order valence-corrected chi connectivity index (χ4v) is 2.03. The first-order valence-corrected chi connectivity index (χ1v) is 6.51. The highest BCUT2D eigenvalue weighted by Crippen LogP contribution is 2.14. The molecular formula is C15H15N5. The number of hydrogen-bond donors (Lipinski definition) is 1. The van der Waals surface area contributed by atoms with Gasteiger partial charge in [-0.25, -0.2) is 0 Å². The van der Waals surface area contributed by atoms with Crippen molar-refractivity contribution in [1.82, 2.24) is 20.2 Å². The number of aromatic nitrogens is 4. The first kappa shape index (κ1) is 12.5. The first-order valence-electron chi connectivity index (χ1n) is 6.51. The van der Waals surface area contributed by atoms with Crippen LogP contribution in [0.4, 0.5) is 0 Å². The number of benzene rings is 2. The third-order valence-electron chi connectivity index (χ3n) is 3.02. The Labute approximate surface area is 117 Å². The van der Waals surface area contributed by atoms with Crippen LogP contribution in [-0.2, 0) is 6.42 Å². The van der Waals surface area contributed by atoms with Crippen molar-refractivity contribution >= 4 is 0 Å². The van der Waals surface area contributed by atoms with Gasteiger partial charge in [0, 0.05) is 5.56 Å². The maximum Gasteiger partial charge on any atom is 0.205 e. The molecule has 0 saturated carbocycles. The van der Waals surface area contributed by atoms with Gasteiger partial charge in [0.05, 0.1) is 5.69 Å². The number of rotatable bonds is 4. The van der Waals surface area contributed by atoms with Crippen LogP contribution in [0.3, 0.4) is 0 Å². The van der Waals surface area contributed by atoms with E-state index in [1.165, 1.54) is 5.56 Å². The fraction of sp³-hybridized carbons (Fsp3) is 0.133. The molecule has 0 radical (unpaired) electrons. The largest absolute Gasteiger partial charge is 0.330 e. The van der Waals surface area contributed by atoms with E-state index in [9.17, 15) is 0 Å². The topological polar surface area (TPSA) is 69.6 Å². The van der Waals surface area contributed by atoms with Crippen LogP contribution in [-0.4, -0.2) is 26.8 Å². The Bertz CT molecular complexity index is 690. The van der Waals surface area contributed by atoms with E-state index in [-0.39, 0.29) is 0 Å². The molecule has 0 aliphatic carbocycles. The van der Waals surface area contributed by atoms with Crippen molar-refractivity contribution in [3.05, 3.63) is 60.2 Å². The van der Waals surface area contributed by atoms with Crippen molar-refractivity contribution in [2.75, 3.05) is 6.54 Å². The van der Waals surface area contributed by atoms with Crippen molar-refractivity contribution in [3.8, 4) is 17.1 Å². The predicted molar refractivity (Wildman–Crippen MR) is 77.3 cm³/mol. The summed E-state index contributed by atoms with van der Waals surface area (Å²) in [6, 6.07) is 17.8. The maximum absolute atomic E-state index is 5.58. The minimum Gasteiger partial charge on any atom is -0.330 e. The van der Waals surface area contributed by atoms with Crippen LogP contribution >= 0.6 is 0 Å². The smallest absolute Gasteiger partial charge is 0.205 e. The molecule has 100 valence electrons. The highest BCUT2D eigenvalue weighted by Gasteiger charge is 2.07. The lowest BCUT2D eigenvalue weighted by atomic mass is 10.1. The third kappa shape index (κ3) is 2.57. The van der Waals surface area contributed by atoms with E-state index < -0.39 is 0 Å². The molecule has 2 N–H and O–H groups in total. The summed E-state index contributed by atoms with van der Waals surface area (Å²) in [5, 5.41) is 12.6. The molecule has 0 atom stereocenters. The quantitative estimate of drug-likeness (QED) is 0.781. The van der Waals surface area contributed by atoms with Gasteiger partial charge in [-0.05, 0) is 35.9 Å². The molecule has 2 aromatic carbocycles. The maximum atomic E-state index is 5.58. The summed E-state index contributed by atoms with van der Waals surface area (Å²) in [6.07, 6.45) is 0.841. The highest BCUT2D eigenvalue weighted by molar-refractivity contribution is 5.53. The molecule has 1 aromatic heterocycles. The average Bonchev–Trinajstić information content (AvgIpc) is 2.99. The summed E-state index contributed by atoms with van der Waals surface area (Å²) >= 11 is 0. The van der Waals surface area contributed by atoms with Crippen molar-refractivity contribution in [2.24, 2.45) is 5.73 Å². The van der Waals surface area contributed by atoms with Crippen LogP contribution < -0.4 is 5.73 Å². The Morgan fingerprint density at radius 1 is 1.00 bits per heavy atom. The molecule has 0 fully saturated rings. The number of tetrazole rings is 1. The minimum absolute atomic E-state index is 0.620. The Balaban J connectivity index is 1.92. The van der Waals surface area contributed by atoms with E-state index >= 15 is 0 Å². The van der Waals surface area contributed by atoms with Gasteiger partial charge in [0.2, 0.25) is 5.82 Å². The third-order valence-corrected chi connectivity index (χ3v) is 3.02. The Morgan fingerprint density at radius 3 is 2.65 bits per heavy atom. The van der Waals surface area contributed by atoms with Gasteiger partial charge in [0.25, 0.3) is 0 Å². The molecular weight excluding hydrogens is 250 g/mol. The molecule has 0 amide bonds. The van der Waals surface area contributed by atoms with Gasteiger partial charge in [-0.1, -0.05) is 42.5 Å². The molecule has 3 rings (SSSR count). The van der Waals surface area contributed by atoms with Crippen LogP contribution in [0.15, 0.2) is 54.6 Å². The summed E-state index contributed by atoms with van der Waals surface area (Å²) in [7, 11) is 0. The van der Waals surface area contributed by atoms with E-state index in [4.69, 9.17) is 5.73 Å². The summed E-state index contributed by atoms with van der Waals surface area (Å²) in [5.41, 5.74) is 8.60. The van der Waals surface area contributed by atoms with Gasteiger partial charge in [0.15, 0.2) is 0 Å². The molecule has 5 nitrogen and oxygen atoms in total. The first-order chi connectivity index (χ1) is 9.86. The molecule has 0 spiro atoms. The van der Waals surface area contributed by atoms with Gasteiger partial charge in [-0.15, -0.1) is 15.0 Å². The molecule has 0 aliphatic heterocycles. The van der Waals surface area contributed by atoms with Crippen LogP contribution in [0.2, 0.25) is 0 Å². The standard InChI is InChI=1S/C15H15N5/c16-10-9-12-5-4-8-14(11-12)20-18-15(17-19-20)13-6-2-1-3-7-13/h1-8,11H,9-10,16H2. The second-order valence-electron chi connectivity index (χ2n) is 4.48. The summed E-state index contributed by atoms with van der Waals surface area (Å²) < 4.78 is 0. The summed E-state index contributed by atoms with van der Waals surface area (Å²) in [4.78, 5) is 1.54. The Kier molecular flexibility index (Phi) is 3.52. The average molecular weight is 265 g/mol. The van der Waals surface area contributed by atoms with Gasteiger partial charge < -0.3 is 5.73 Å². The highest BCUT2D eigenvalue weighted by atomic mass is 15.6. The minimum atomic E-state index is 0.620. The second kappa shape index (κ2) is 5.63. The lowest BCUT2D eigenvalue weighted by molar-refractivity contribution is 0.718. The van der Waals surface area contributed by atoms with Crippen molar-refractivity contribution in [2.45, 2.75) is 6.42 Å². The number of nitrogens with two attached hydrogens (primary N) is 1. The van der Waals surface area contributed by atoms with E-state index in [0.717, 1.165) is 17.7 Å². The normalized spacial score (nSPS) is 10.7. The molecule has 0 aliphatic rings. The molecule has 1 heterocycles. The van der Waals surface area contributed by atoms with Crippen molar-refractivity contribution < 1.29 is 0 Å². The van der Waals surface area contributed by atoms with Crippen LogP contribution in [0, 0.1) is 0 Å². The lowest BCUT2D eigenvalue weighted by Crippen LogP contribution is -2.04. The van der Waals surface area contributed by atoms with E-state index in [1.54, 1.807) is 4.80 Å². The van der Waals surface area contributed by atoms with Gasteiger partial charge in [0.1, 0.15) is 0 Å². The van der Waals surface area contributed by atoms with Crippen LogP contribution in [0.1, 0.15) is 5.56 Å². The Morgan fingerprint density at radius 2 is 1.85 bits per heavy atom. The molecule has 0 saturated heterocycles. The van der Waals surface area contributed by atoms with E-state index in [1.807, 2.05) is 54.6 Å². The number of hydrogen-bond acceptors (Lipinski definition) is 4.